The Hall–Kier alpha value is -1.59. The Morgan fingerprint density at radius 1 is 1.17 bits per heavy atom. The first-order chi connectivity index (χ1) is 11.2. The van der Waals surface area contributed by atoms with Crippen LogP contribution in [0.15, 0.2) is 24.3 Å². The molecular weight excluding hydrogens is 304 g/mol. The van der Waals surface area contributed by atoms with Gasteiger partial charge in [0.1, 0.15) is 31.8 Å². The second kappa shape index (κ2) is 7.53. The summed E-state index contributed by atoms with van der Waals surface area (Å²) in [6.07, 6.45) is 4.17. The van der Waals surface area contributed by atoms with Gasteiger partial charge in [0.15, 0.2) is 5.75 Å². The number of benzene rings is 1. The van der Waals surface area contributed by atoms with Crippen LogP contribution >= 0.6 is 0 Å². The zero-order valence-electron chi connectivity index (χ0n) is 15.4. The second-order valence-corrected chi connectivity index (χ2v) is 7.88. The number of esters is 1. The number of ether oxygens (including phenoxy) is 1. The first-order valence-electron chi connectivity index (χ1n) is 8.78. The Balaban J connectivity index is 1.90. The van der Waals surface area contributed by atoms with Crippen molar-refractivity contribution in [1.82, 2.24) is 0 Å². The number of piperidine rings is 1. The molecule has 134 valence electrons. The fourth-order valence-corrected chi connectivity index (χ4v) is 2.93. The average molecular weight is 335 g/mol. The van der Waals surface area contributed by atoms with Crippen molar-refractivity contribution in [3.8, 4) is 5.75 Å². The van der Waals surface area contributed by atoms with Gasteiger partial charge >= 0.3 is 5.97 Å². The van der Waals surface area contributed by atoms with Gasteiger partial charge in [-0.2, -0.15) is 0 Å². The highest BCUT2D eigenvalue weighted by Crippen LogP contribution is 2.22. The van der Waals surface area contributed by atoms with Crippen LogP contribution in [-0.4, -0.2) is 42.4 Å². The molecule has 1 aromatic rings. The molecule has 2 rings (SSSR count). The van der Waals surface area contributed by atoms with Crippen LogP contribution in [-0.2, 0) is 16.0 Å². The molecule has 0 radical (unpaired) electrons. The number of carbonyl (C=O) groups excluding carboxylic acids is 1. The number of nitrogens with two attached hydrogens (primary N) is 1. The molecule has 5 heteroatoms. The van der Waals surface area contributed by atoms with E-state index >= 15 is 0 Å². The van der Waals surface area contributed by atoms with E-state index < -0.39 is 11.6 Å². The molecule has 1 saturated heterocycles. The number of likely N-dealkylation sites (tertiary alicyclic amines) is 1. The lowest BCUT2D eigenvalue weighted by molar-refractivity contribution is -1.07. The third kappa shape index (κ3) is 5.80. The van der Waals surface area contributed by atoms with Gasteiger partial charge in [0.2, 0.25) is 0 Å². The SMILES string of the molecule is CC(C)(C)OC(=O)[C@@H](N)Cc1ccc(O[N+]2(C)CCCCC2)cc1. The minimum atomic E-state index is -0.650. The van der Waals surface area contributed by atoms with Gasteiger partial charge in [-0.05, 0) is 51.3 Å². The van der Waals surface area contributed by atoms with Gasteiger partial charge in [-0.3, -0.25) is 4.79 Å². The lowest BCUT2D eigenvalue weighted by atomic mass is 10.1. The molecular formula is C19H31N2O3+. The molecule has 0 aromatic heterocycles. The first-order valence-corrected chi connectivity index (χ1v) is 8.78. The highest BCUT2D eigenvalue weighted by molar-refractivity contribution is 5.76. The minimum absolute atomic E-state index is 0.366. The van der Waals surface area contributed by atoms with Crippen molar-refractivity contribution in [2.75, 3.05) is 20.1 Å². The van der Waals surface area contributed by atoms with Crippen molar-refractivity contribution < 1.29 is 19.0 Å². The second-order valence-electron chi connectivity index (χ2n) is 7.88. The number of carbonyl (C=O) groups is 1. The Kier molecular flexibility index (Phi) is 5.88. The molecule has 1 aliphatic heterocycles. The maximum Gasteiger partial charge on any atom is 0.323 e. The van der Waals surface area contributed by atoms with Crippen molar-refractivity contribution in [3.05, 3.63) is 29.8 Å². The van der Waals surface area contributed by atoms with Gasteiger partial charge in [-0.15, -0.1) is 4.65 Å². The summed E-state index contributed by atoms with van der Waals surface area (Å²) in [4.78, 5) is 18.1. The molecule has 1 heterocycles. The van der Waals surface area contributed by atoms with E-state index in [1.165, 1.54) is 19.3 Å². The van der Waals surface area contributed by atoms with Crippen LogP contribution in [0.1, 0.15) is 45.6 Å². The van der Waals surface area contributed by atoms with Crippen LogP contribution in [0.2, 0.25) is 0 Å². The number of quaternary nitrogens is 1. The Labute approximate surface area is 145 Å². The van der Waals surface area contributed by atoms with Crippen molar-refractivity contribution in [2.24, 2.45) is 5.73 Å². The number of hydrogen-bond acceptors (Lipinski definition) is 4. The summed E-state index contributed by atoms with van der Waals surface area (Å²) in [5.41, 5.74) is 6.44. The zero-order chi connectivity index (χ0) is 17.8. The van der Waals surface area contributed by atoms with Crippen LogP contribution in [0.3, 0.4) is 0 Å². The molecule has 0 aliphatic carbocycles. The van der Waals surface area contributed by atoms with Crippen molar-refractivity contribution >= 4 is 5.97 Å². The molecule has 2 N–H and O–H groups in total. The molecule has 0 amide bonds. The summed E-state index contributed by atoms with van der Waals surface area (Å²) in [5.74, 6) is 0.489. The quantitative estimate of drug-likeness (QED) is 0.664. The summed E-state index contributed by atoms with van der Waals surface area (Å²) in [6, 6.07) is 7.19. The number of nitrogens with zero attached hydrogens (tertiary/aromatic N) is 1. The molecule has 1 aromatic carbocycles. The van der Waals surface area contributed by atoms with Crippen LogP contribution in [0, 0.1) is 0 Å². The molecule has 0 spiro atoms. The van der Waals surface area contributed by atoms with Gasteiger partial charge in [-0.25, -0.2) is 0 Å². The zero-order valence-corrected chi connectivity index (χ0v) is 15.4. The van der Waals surface area contributed by atoms with E-state index in [-0.39, 0.29) is 5.97 Å². The van der Waals surface area contributed by atoms with Crippen LogP contribution in [0.5, 0.6) is 5.75 Å². The molecule has 24 heavy (non-hydrogen) atoms. The topological polar surface area (TPSA) is 61.5 Å². The van der Waals surface area contributed by atoms with Gasteiger partial charge in [0.25, 0.3) is 0 Å². The minimum Gasteiger partial charge on any atom is -0.459 e. The molecule has 0 unspecified atom stereocenters. The molecule has 5 nitrogen and oxygen atoms in total. The smallest absolute Gasteiger partial charge is 0.323 e. The Bertz CT molecular complexity index is 543. The predicted octanol–water partition coefficient (Wildman–Crippen LogP) is 2.82. The van der Waals surface area contributed by atoms with E-state index in [1.54, 1.807) is 0 Å². The summed E-state index contributed by atoms with van der Waals surface area (Å²) >= 11 is 0. The maximum absolute atomic E-state index is 12.0. The van der Waals surface area contributed by atoms with Gasteiger partial charge in [0.05, 0.1) is 0 Å². The number of hydroxylamine groups is 3. The summed E-state index contributed by atoms with van der Waals surface area (Å²) in [7, 11) is 2.13. The average Bonchev–Trinajstić information content (AvgIpc) is 2.48. The Morgan fingerprint density at radius 3 is 2.29 bits per heavy atom. The fourth-order valence-electron chi connectivity index (χ4n) is 2.93. The number of hydrogen-bond donors (Lipinski definition) is 1. The van der Waals surface area contributed by atoms with E-state index in [4.69, 9.17) is 15.3 Å². The van der Waals surface area contributed by atoms with Crippen LogP contribution < -0.4 is 10.6 Å². The summed E-state index contributed by atoms with van der Waals surface area (Å²) < 4.78 is 5.95. The molecule has 0 saturated carbocycles. The van der Waals surface area contributed by atoms with Crippen LogP contribution in [0.25, 0.3) is 0 Å². The molecule has 1 fully saturated rings. The third-order valence-electron chi connectivity index (χ3n) is 4.18. The van der Waals surface area contributed by atoms with E-state index in [0.29, 0.717) is 11.1 Å². The molecule has 0 bridgehead atoms. The molecule has 1 atom stereocenters. The van der Waals surface area contributed by atoms with Crippen molar-refractivity contribution in [1.29, 1.82) is 0 Å². The van der Waals surface area contributed by atoms with E-state index in [9.17, 15) is 4.79 Å². The third-order valence-corrected chi connectivity index (χ3v) is 4.18. The van der Waals surface area contributed by atoms with Crippen molar-refractivity contribution in [2.45, 2.75) is 58.1 Å². The van der Waals surface area contributed by atoms with Crippen molar-refractivity contribution in [3.63, 3.8) is 0 Å². The van der Waals surface area contributed by atoms with Gasteiger partial charge in [-0.1, -0.05) is 12.1 Å². The monoisotopic (exact) mass is 335 g/mol. The standard InChI is InChI=1S/C19H31N2O3/c1-19(2,3)23-18(22)17(20)14-15-8-10-16(11-9-15)24-21(4)12-6-5-7-13-21/h8-11,17H,5-7,12-14,20H2,1-4H3/q+1/t17-/m0/s1. The largest absolute Gasteiger partial charge is 0.459 e. The Morgan fingerprint density at radius 2 is 1.75 bits per heavy atom. The maximum atomic E-state index is 12.0. The lowest BCUT2D eigenvalue weighted by Crippen LogP contribution is -2.50. The summed E-state index contributed by atoms with van der Waals surface area (Å²) in [5, 5.41) is 0. The van der Waals surface area contributed by atoms with Gasteiger partial charge < -0.3 is 15.3 Å². The van der Waals surface area contributed by atoms with E-state index in [0.717, 1.165) is 24.4 Å². The number of rotatable bonds is 5. The predicted molar refractivity (Wildman–Crippen MR) is 94.4 cm³/mol. The van der Waals surface area contributed by atoms with Gasteiger partial charge in [0, 0.05) is 12.8 Å². The lowest BCUT2D eigenvalue weighted by Gasteiger charge is -2.34. The van der Waals surface area contributed by atoms with E-state index in [2.05, 4.69) is 7.05 Å². The normalized spacial score (nSPS) is 18.7. The van der Waals surface area contributed by atoms with E-state index in [1.807, 2.05) is 45.0 Å². The van der Waals surface area contributed by atoms with Crippen LogP contribution in [0.4, 0.5) is 0 Å². The highest BCUT2D eigenvalue weighted by atomic mass is 16.7. The molecule has 1 aliphatic rings. The fraction of sp³-hybridized carbons (Fsp3) is 0.632. The first kappa shape index (κ1) is 18.7. The highest BCUT2D eigenvalue weighted by Gasteiger charge is 2.28. The summed E-state index contributed by atoms with van der Waals surface area (Å²) in [6.45, 7) is 7.62.